The van der Waals surface area contributed by atoms with Crippen molar-refractivity contribution in [1.82, 2.24) is 0 Å². The topological polar surface area (TPSA) is 46.3 Å². The SMILES string of the molecule is CC(=O)c1ccc(N2CCCC3CCCCC32)cc1N. The van der Waals surface area contributed by atoms with Crippen molar-refractivity contribution >= 4 is 17.2 Å². The molecule has 1 saturated heterocycles. The Bertz CT molecular complexity index is 510. The van der Waals surface area contributed by atoms with Gasteiger partial charge in [0, 0.05) is 29.5 Å². The van der Waals surface area contributed by atoms with Gasteiger partial charge in [-0.05, 0) is 56.7 Å². The van der Waals surface area contributed by atoms with Crippen LogP contribution in [0, 0.1) is 5.92 Å². The summed E-state index contributed by atoms with van der Waals surface area (Å²) in [5.41, 5.74) is 8.51. The highest BCUT2D eigenvalue weighted by atomic mass is 16.1. The second-order valence-corrected chi connectivity index (χ2v) is 6.28. The van der Waals surface area contributed by atoms with Crippen molar-refractivity contribution in [3.05, 3.63) is 23.8 Å². The molecule has 1 aliphatic heterocycles. The maximum absolute atomic E-state index is 11.5. The molecule has 1 saturated carbocycles. The number of ketones is 1. The summed E-state index contributed by atoms with van der Waals surface area (Å²) < 4.78 is 0. The molecule has 1 heterocycles. The van der Waals surface area contributed by atoms with Crippen molar-refractivity contribution in [3.8, 4) is 0 Å². The van der Waals surface area contributed by atoms with Gasteiger partial charge in [0.2, 0.25) is 0 Å². The molecule has 20 heavy (non-hydrogen) atoms. The molecule has 2 fully saturated rings. The second-order valence-electron chi connectivity index (χ2n) is 6.28. The van der Waals surface area contributed by atoms with Gasteiger partial charge in [0.1, 0.15) is 0 Å². The van der Waals surface area contributed by atoms with Gasteiger partial charge in [0.15, 0.2) is 5.78 Å². The van der Waals surface area contributed by atoms with E-state index in [9.17, 15) is 4.79 Å². The van der Waals surface area contributed by atoms with Crippen LogP contribution >= 0.6 is 0 Å². The number of carbonyl (C=O) groups is 1. The number of nitrogens with two attached hydrogens (primary N) is 1. The molecule has 0 bridgehead atoms. The summed E-state index contributed by atoms with van der Waals surface area (Å²) >= 11 is 0. The van der Waals surface area contributed by atoms with Gasteiger partial charge in [-0.1, -0.05) is 12.8 Å². The van der Waals surface area contributed by atoms with Gasteiger partial charge in [-0.25, -0.2) is 0 Å². The Labute approximate surface area is 121 Å². The number of hydrogen-bond acceptors (Lipinski definition) is 3. The molecule has 0 radical (unpaired) electrons. The molecule has 1 aliphatic carbocycles. The summed E-state index contributed by atoms with van der Waals surface area (Å²) in [5.74, 6) is 0.898. The average molecular weight is 272 g/mol. The number of nitrogens with zero attached hydrogens (tertiary/aromatic N) is 1. The fraction of sp³-hybridized carbons (Fsp3) is 0.588. The van der Waals surface area contributed by atoms with Crippen LogP contribution in [0.3, 0.4) is 0 Å². The highest BCUT2D eigenvalue weighted by molar-refractivity contribution is 5.99. The minimum absolute atomic E-state index is 0.0447. The Morgan fingerprint density at radius 3 is 2.70 bits per heavy atom. The lowest BCUT2D eigenvalue weighted by atomic mass is 9.78. The Morgan fingerprint density at radius 1 is 1.20 bits per heavy atom. The number of anilines is 2. The summed E-state index contributed by atoms with van der Waals surface area (Å²) in [5, 5.41) is 0. The zero-order valence-corrected chi connectivity index (χ0v) is 12.3. The van der Waals surface area contributed by atoms with E-state index in [1.165, 1.54) is 44.2 Å². The minimum Gasteiger partial charge on any atom is -0.398 e. The summed E-state index contributed by atoms with van der Waals surface area (Å²) in [6, 6.07) is 6.64. The van der Waals surface area contributed by atoms with Crippen LogP contribution < -0.4 is 10.6 Å². The van der Waals surface area contributed by atoms with E-state index in [1.54, 1.807) is 6.92 Å². The zero-order valence-electron chi connectivity index (χ0n) is 12.3. The maximum atomic E-state index is 11.5. The molecule has 2 atom stereocenters. The fourth-order valence-electron chi connectivity index (χ4n) is 3.99. The standard InChI is InChI=1S/C17H24N2O/c1-12(20)15-9-8-14(11-16(15)18)19-10-4-6-13-5-2-3-7-17(13)19/h8-9,11,13,17H,2-7,10,18H2,1H3. The molecule has 0 amide bonds. The molecule has 2 aliphatic rings. The first-order valence-corrected chi connectivity index (χ1v) is 7.84. The second kappa shape index (κ2) is 5.47. The molecule has 0 spiro atoms. The smallest absolute Gasteiger partial charge is 0.161 e. The molecule has 2 unspecified atom stereocenters. The van der Waals surface area contributed by atoms with Crippen LogP contribution in [0.15, 0.2) is 18.2 Å². The van der Waals surface area contributed by atoms with Crippen LogP contribution in [0.2, 0.25) is 0 Å². The number of rotatable bonds is 2. The van der Waals surface area contributed by atoms with Crippen molar-refractivity contribution in [2.75, 3.05) is 17.2 Å². The lowest BCUT2D eigenvalue weighted by molar-refractivity contribution is 0.101. The number of carbonyl (C=O) groups excluding carboxylic acids is 1. The first-order valence-electron chi connectivity index (χ1n) is 7.84. The number of benzene rings is 1. The lowest BCUT2D eigenvalue weighted by Gasteiger charge is -2.45. The summed E-state index contributed by atoms with van der Waals surface area (Å²) in [4.78, 5) is 14.0. The molecule has 2 N–H and O–H groups in total. The molecule has 3 heteroatoms. The fourth-order valence-corrected chi connectivity index (χ4v) is 3.99. The normalized spacial score (nSPS) is 26.1. The van der Waals surface area contributed by atoms with E-state index >= 15 is 0 Å². The van der Waals surface area contributed by atoms with Gasteiger partial charge >= 0.3 is 0 Å². The van der Waals surface area contributed by atoms with E-state index in [4.69, 9.17) is 5.73 Å². The summed E-state index contributed by atoms with van der Waals surface area (Å²) in [6.45, 7) is 2.70. The summed E-state index contributed by atoms with van der Waals surface area (Å²) in [6.07, 6.45) is 8.07. The predicted octanol–water partition coefficient (Wildman–Crippen LogP) is 3.63. The number of Topliss-reactive ketones (excluding diaryl/α,β-unsaturated/α-hetero) is 1. The van der Waals surface area contributed by atoms with E-state index < -0.39 is 0 Å². The highest BCUT2D eigenvalue weighted by Crippen LogP contribution is 2.38. The molecule has 108 valence electrons. The third-order valence-corrected chi connectivity index (χ3v) is 4.99. The van der Waals surface area contributed by atoms with Crippen molar-refractivity contribution in [2.24, 2.45) is 5.92 Å². The molecular weight excluding hydrogens is 248 g/mol. The van der Waals surface area contributed by atoms with Crippen LogP contribution in [0.25, 0.3) is 0 Å². The molecule has 1 aromatic carbocycles. The molecule has 3 rings (SSSR count). The molecular formula is C17H24N2O. The zero-order chi connectivity index (χ0) is 14.1. The van der Waals surface area contributed by atoms with Crippen LogP contribution in [0.4, 0.5) is 11.4 Å². The maximum Gasteiger partial charge on any atom is 0.161 e. The Hall–Kier alpha value is -1.51. The average Bonchev–Trinajstić information content (AvgIpc) is 2.46. The van der Waals surface area contributed by atoms with Gasteiger partial charge in [-0.3, -0.25) is 4.79 Å². The Morgan fingerprint density at radius 2 is 1.95 bits per heavy atom. The van der Waals surface area contributed by atoms with Gasteiger partial charge < -0.3 is 10.6 Å². The van der Waals surface area contributed by atoms with Crippen molar-refractivity contribution in [3.63, 3.8) is 0 Å². The molecule has 1 aromatic rings. The third kappa shape index (κ3) is 2.41. The lowest BCUT2D eigenvalue weighted by Crippen LogP contribution is -2.46. The van der Waals surface area contributed by atoms with E-state index in [0.717, 1.165) is 12.5 Å². The number of fused-ring (bicyclic) bond motifs is 1. The first-order chi connectivity index (χ1) is 9.66. The van der Waals surface area contributed by atoms with Gasteiger partial charge in [-0.15, -0.1) is 0 Å². The number of hydrogen-bond donors (Lipinski definition) is 1. The van der Waals surface area contributed by atoms with Crippen LogP contribution in [0.1, 0.15) is 55.8 Å². The van der Waals surface area contributed by atoms with Gasteiger partial charge in [0.25, 0.3) is 0 Å². The molecule has 0 aromatic heterocycles. The van der Waals surface area contributed by atoms with E-state index in [1.807, 2.05) is 12.1 Å². The van der Waals surface area contributed by atoms with E-state index in [-0.39, 0.29) is 5.78 Å². The third-order valence-electron chi connectivity index (χ3n) is 4.99. The predicted molar refractivity (Wildman–Crippen MR) is 83.2 cm³/mol. The van der Waals surface area contributed by atoms with Crippen LogP contribution in [0.5, 0.6) is 0 Å². The highest BCUT2D eigenvalue weighted by Gasteiger charge is 2.33. The van der Waals surface area contributed by atoms with Crippen LogP contribution in [-0.4, -0.2) is 18.4 Å². The van der Waals surface area contributed by atoms with Crippen molar-refractivity contribution in [2.45, 2.75) is 51.5 Å². The van der Waals surface area contributed by atoms with Crippen molar-refractivity contribution < 1.29 is 4.79 Å². The van der Waals surface area contributed by atoms with Crippen molar-refractivity contribution in [1.29, 1.82) is 0 Å². The first kappa shape index (κ1) is 13.5. The number of piperidine rings is 1. The monoisotopic (exact) mass is 272 g/mol. The van der Waals surface area contributed by atoms with Crippen LogP contribution in [-0.2, 0) is 0 Å². The Balaban J connectivity index is 1.87. The van der Waals surface area contributed by atoms with E-state index in [0.29, 0.717) is 17.3 Å². The molecule has 3 nitrogen and oxygen atoms in total. The summed E-state index contributed by atoms with van der Waals surface area (Å²) in [7, 11) is 0. The quantitative estimate of drug-likeness (QED) is 0.660. The largest absolute Gasteiger partial charge is 0.398 e. The number of nitrogen functional groups attached to an aromatic ring is 1. The Kier molecular flexibility index (Phi) is 3.68. The van der Waals surface area contributed by atoms with Gasteiger partial charge in [-0.2, -0.15) is 0 Å². The van der Waals surface area contributed by atoms with Gasteiger partial charge in [0.05, 0.1) is 0 Å². The minimum atomic E-state index is 0.0447. The van der Waals surface area contributed by atoms with E-state index in [2.05, 4.69) is 11.0 Å².